The predicted octanol–water partition coefficient (Wildman–Crippen LogP) is 0.642. The molecule has 1 rings (SSSR count). The minimum absolute atomic E-state index is 0.0236. The third kappa shape index (κ3) is 2.88. The maximum Gasteiger partial charge on any atom is 0.303 e. The van der Waals surface area contributed by atoms with E-state index in [-0.39, 0.29) is 12.3 Å². The lowest BCUT2D eigenvalue weighted by Gasteiger charge is -2.17. The standard InChI is InChI=1S/C10H18N4O2/c1-7(4-9(15)16)6-14-10(13(2)3)8(11)5-12-14/h5,7H,4,6,11H2,1-3H3,(H,15,16). The normalized spacial score (nSPS) is 12.4. The van der Waals surface area contributed by atoms with Crippen LogP contribution in [0.15, 0.2) is 6.20 Å². The zero-order valence-corrected chi connectivity index (χ0v) is 9.84. The van der Waals surface area contributed by atoms with E-state index in [1.807, 2.05) is 25.9 Å². The van der Waals surface area contributed by atoms with Crippen molar-refractivity contribution in [1.29, 1.82) is 0 Å². The summed E-state index contributed by atoms with van der Waals surface area (Å²) in [6.45, 7) is 2.43. The molecule has 0 aliphatic carbocycles. The van der Waals surface area contributed by atoms with Gasteiger partial charge >= 0.3 is 5.97 Å². The molecule has 6 heteroatoms. The Morgan fingerprint density at radius 3 is 2.81 bits per heavy atom. The van der Waals surface area contributed by atoms with Crippen molar-refractivity contribution in [3.8, 4) is 0 Å². The minimum Gasteiger partial charge on any atom is -0.481 e. The van der Waals surface area contributed by atoms with E-state index in [1.165, 1.54) is 0 Å². The number of anilines is 2. The Kier molecular flexibility index (Phi) is 3.76. The minimum atomic E-state index is -0.793. The molecule has 1 aromatic heterocycles. The number of nitrogen functional groups attached to an aromatic ring is 1. The molecule has 1 unspecified atom stereocenters. The summed E-state index contributed by atoms with van der Waals surface area (Å²) in [5, 5.41) is 12.8. The van der Waals surface area contributed by atoms with E-state index in [4.69, 9.17) is 10.8 Å². The summed E-state index contributed by atoms with van der Waals surface area (Å²) in [5.41, 5.74) is 6.38. The molecule has 1 atom stereocenters. The second-order valence-electron chi connectivity index (χ2n) is 4.20. The monoisotopic (exact) mass is 226 g/mol. The second-order valence-corrected chi connectivity index (χ2v) is 4.20. The number of nitrogens with two attached hydrogens (primary N) is 1. The molecule has 0 fully saturated rings. The van der Waals surface area contributed by atoms with Crippen molar-refractivity contribution in [2.75, 3.05) is 24.7 Å². The van der Waals surface area contributed by atoms with Gasteiger partial charge in [-0.05, 0) is 5.92 Å². The molecule has 0 amide bonds. The van der Waals surface area contributed by atoms with Crippen molar-refractivity contribution in [2.45, 2.75) is 19.9 Å². The average Bonchev–Trinajstić information content (AvgIpc) is 2.45. The first kappa shape index (κ1) is 12.4. The maximum absolute atomic E-state index is 10.6. The van der Waals surface area contributed by atoms with Crippen LogP contribution in [0.3, 0.4) is 0 Å². The van der Waals surface area contributed by atoms with Crippen molar-refractivity contribution in [3.63, 3.8) is 0 Å². The van der Waals surface area contributed by atoms with Crippen LogP contribution >= 0.6 is 0 Å². The van der Waals surface area contributed by atoms with Gasteiger partial charge in [-0.25, -0.2) is 4.68 Å². The van der Waals surface area contributed by atoms with Crippen LogP contribution in [0.1, 0.15) is 13.3 Å². The summed E-state index contributed by atoms with van der Waals surface area (Å²) in [6.07, 6.45) is 1.72. The fraction of sp³-hybridized carbons (Fsp3) is 0.600. The van der Waals surface area contributed by atoms with E-state index in [2.05, 4.69) is 5.10 Å². The molecule has 16 heavy (non-hydrogen) atoms. The molecule has 1 aromatic rings. The largest absolute Gasteiger partial charge is 0.481 e. The molecule has 0 spiro atoms. The fourth-order valence-electron chi connectivity index (χ4n) is 1.67. The predicted molar refractivity (Wildman–Crippen MR) is 62.4 cm³/mol. The van der Waals surface area contributed by atoms with E-state index < -0.39 is 5.97 Å². The van der Waals surface area contributed by atoms with Crippen LogP contribution in [0.25, 0.3) is 0 Å². The Hall–Kier alpha value is -1.72. The number of aromatic nitrogens is 2. The van der Waals surface area contributed by atoms with Crippen LogP contribution in [0.4, 0.5) is 11.5 Å². The number of carboxylic acids is 1. The first-order valence-electron chi connectivity index (χ1n) is 5.12. The lowest BCUT2D eigenvalue weighted by molar-refractivity contribution is -0.138. The smallest absolute Gasteiger partial charge is 0.303 e. The third-order valence-corrected chi connectivity index (χ3v) is 2.27. The molecule has 90 valence electrons. The average molecular weight is 226 g/mol. The first-order valence-corrected chi connectivity index (χ1v) is 5.12. The van der Waals surface area contributed by atoms with Crippen LogP contribution in [-0.2, 0) is 11.3 Å². The number of rotatable bonds is 5. The molecule has 0 radical (unpaired) electrons. The molecule has 0 aliphatic rings. The van der Waals surface area contributed by atoms with Gasteiger partial charge in [0, 0.05) is 27.1 Å². The Morgan fingerprint density at radius 2 is 2.31 bits per heavy atom. The van der Waals surface area contributed by atoms with E-state index in [0.717, 1.165) is 5.82 Å². The van der Waals surface area contributed by atoms with Gasteiger partial charge in [-0.2, -0.15) is 5.10 Å². The molecule has 0 aliphatic heterocycles. The zero-order chi connectivity index (χ0) is 12.3. The first-order chi connectivity index (χ1) is 7.41. The van der Waals surface area contributed by atoms with Gasteiger partial charge in [-0.1, -0.05) is 6.92 Å². The lowest BCUT2D eigenvalue weighted by atomic mass is 10.1. The Bertz CT molecular complexity index is 373. The van der Waals surface area contributed by atoms with Crippen LogP contribution in [-0.4, -0.2) is 35.0 Å². The summed E-state index contributed by atoms with van der Waals surface area (Å²) in [5.74, 6) is 0.0479. The fourth-order valence-corrected chi connectivity index (χ4v) is 1.67. The van der Waals surface area contributed by atoms with Gasteiger partial charge in [0.15, 0.2) is 0 Å². The molecule has 6 nitrogen and oxygen atoms in total. The van der Waals surface area contributed by atoms with E-state index in [0.29, 0.717) is 12.2 Å². The maximum atomic E-state index is 10.6. The van der Waals surface area contributed by atoms with E-state index in [9.17, 15) is 4.79 Å². The van der Waals surface area contributed by atoms with Crippen molar-refractivity contribution < 1.29 is 9.90 Å². The number of carbonyl (C=O) groups is 1. The Balaban J connectivity index is 2.77. The lowest BCUT2D eigenvalue weighted by Crippen LogP contribution is -2.20. The van der Waals surface area contributed by atoms with Crippen molar-refractivity contribution in [1.82, 2.24) is 9.78 Å². The van der Waals surface area contributed by atoms with Gasteiger partial charge in [0.1, 0.15) is 5.82 Å². The van der Waals surface area contributed by atoms with E-state index >= 15 is 0 Å². The number of nitrogens with zero attached hydrogens (tertiary/aromatic N) is 3. The topological polar surface area (TPSA) is 84.4 Å². The van der Waals surface area contributed by atoms with Gasteiger partial charge in [0.05, 0.1) is 11.9 Å². The highest BCUT2D eigenvalue weighted by atomic mass is 16.4. The highest BCUT2D eigenvalue weighted by molar-refractivity contribution is 5.67. The van der Waals surface area contributed by atoms with Crippen LogP contribution < -0.4 is 10.6 Å². The molecule has 0 aromatic carbocycles. The van der Waals surface area contributed by atoms with Crippen LogP contribution in [0.2, 0.25) is 0 Å². The van der Waals surface area contributed by atoms with Crippen molar-refractivity contribution in [2.24, 2.45) is 5.92 Å². The zero-order valence-electron chi connectivity index (χ0n) is 9.84. The summed E-state index contributed by atoms with van der Waals surface area (Å²) in [4.78, 5) is 12.4. The summed E-state index contributed by atoms with van der Waals surface area (Å²) >= 11 is 0. The highest BCUT2D eigenvalue weighted by Crippen LogP contribution is 2.21. The molecular formula is C10H18N4O2. The number of hydrogen-bond acceptors (Lipinski definition) is 4. The number of aliphatic carboxylic acids is 1. The van der Waals surface area contributed by atoms with Crippen LogP contribution in [0, 0.1) is 5.92 Å². The van der Waals surface area contributed by atoms with Gasteiger partial charge in [0.25, 0.3) is 0 Å². The van der Waals surface area contributed by atoms with Crippen LogP contribution in [0.5, 0.6) is 0 Å². The molecule has 3 N–H and O–H groups in total. The molecule has 0 saturated heterocycles. The molecule has 1 heterocycles. The van der Waals surface area contributed by atoms with Gasteiger partial charge < -0.3 is 15.7 Å². The van der Waals surface area contributed by atoms with Crippen molar-refractivity contribution in [3.05, 3.63) is 6.20 Å². The quantitative estimate of drug-likeness (QED) is 0.769. The molecule has 0 saturated carbocycles. The second kappa shape index (κ2) is 4.87. The summed E-state index contributed by atoms with van der Waals surface area (Å²) < 4.78 is 1.74. The SMILES string of the molecule is CC(CC(=O)O)Cn1ncc(N)c1N(C)C. The number of hydrogen-bond donors (Lipinski definition) is 2. The van der Waals surface area contributed by atoms with E-state index in [1.54, 1.807) is 10.9 Å². The summed E-state index contributed by atoms with van der Waals surface area (Å²) in [6, 6.07) is 0. The van der Waals surface area contributed by atoms with Gasteiger partial charge in [0.2, 0.25) is 0 Å². The summed E-state index contributed by atoms with van der Waals surface area (Å²) in [7, 11) is 3.76. The highest BCUT2D eigenvalue weighted by Gasteiger charge is 2.14. The number of carboxylic acid groups (broad SMARTS) is 1. The van der Waals surface area contributed by atoms with Gasteiger partial charge in [-0.15, -0.1) is 0 Å². The Morgan fingerprint density at radius 1 is 1.69 bits per heavy atom. The molecule has 0 bridgehead atoms. The molecular weight excluding hydrogens is 208 g/mol. The van der Waals surface area contributed by atoms with Gasteiger partial charge in [-0.3, -0.25) is 4.79 Å². The van der Waals surface area contributed by atoms with Crippen molar-refractivity contribution >= 4 is 17.5 Å². The third-order valence-electron chi connectivity index (χ3n) is 2.27. The Labute approximate surface area is 94.6 Å².